The van der Waals surface area contributed by atoms with Crippen LogP contribution in [0.4, 0.5) is 0 Å². The first kappa shape index (κ1) is 14.2. The summed E-state index contributed by atoms with van der Waals surface area (Å²) in [6.07, 6.45) is 10.0. The van der Waals surface area contributed by atoms with Crippen molar-refractivity contribution in [1.82, 2.24) is 5.32 Å². The zero-order valence-electron chi connectivity index (χ0n) is 12.3. The Morgan fingerprint density at radius 3 is 2.75 bits per heavy atom. The molecule has 1 aliphatic heterocycles. The number of hydrogen-bond donors (Lipinski definition) is 1. The second-order valence-electron chi connectivity index (χ2n) is 6.01. The van der Waals surface area contributed by atoms with Crippen molar-refractivity contribution in [1.29, 1.82) is 0 Å². The van der Waals surface area contributed by atoms with Crippen molar-refractivity contribution in [2.24, 2.45) is 0 Å². The summed E-state index contributed by atoms with van der Waals surface area (Å²) in [6.45, 7) is 1.11. The summed E-state index contributed by atoms with van der Waals surface area (Å²) >= 11 is 6.49. The van der Waals surface area contributed by atoms with Gasteiger partial charge in [-0.15, -0.1) is 0 Å². The van der Waals surface area contributed by atoms with Gasteiger partial charge in [-0.3, -0.25) is 0 Å². The number of piperidine rings is 1. The van der Waals surface area contributed by atoms with Crippen LogP contribution in [0, 0.1) is 0 Å². The normalized spacial score (nSPS) is 23.0. The van der Waals surface area contributed by atoms with Crippen LogP contribution in [-0.2, 0) is 12.8 Å². The molecule has 1 fully saturated rings. The molecule has 110 valence electrons. The molecular formula is C17H24ClNO. The summed E-state index contributed by atoms with van der Waals surface area (Å²) in [6, 6.07) is 2.57. The number of hydrogen-bond acceptors (Lipinski definition) is 2. The number of methoxy groups -OCH3 is 1. The Hall–Kier alpha value is -0.730. The molecular weight excluding hydrogens is 270 g/mol. The number of aryl methyl sites for hydroxylation is 1. The lowest BCUT2D eigenvalue weighted by Crippen LogP contribution is -2.28. The van der Waals surface area contributed by atoms with Crippen LogP contribution in [-0.4, -0.2) is 13.7 Å². The summed E-state index contributed by atoms with van der Waals surface area (Å²) in [7, 11) is 1.75. The minimum atomic E-state index is 0.421. The van der Waals surface area contributed by atoms with Crippen molar-refractivity contribution in [3.63, 3.8) is 0 Å². The van der Waals surface area contributed by atoms with Crippen LogP contribution >= 0.6 is 11.6 Å². The third kappa shape index (κ3) is 2.68. The van der Waals surface area contributed by atoms with Crippen LogP contribution in [0.25, 0.3) is 0 Å². The van der Waals surface area contributed by atoms with Gasteiger partial charge in [0.15, 0.2) is 0 Å². The number of benzene rings is 1. The highest BCUT2D eigenvalue weighted by Gasteiger charge is 2.26. The van der Waals surface area contributed by atoms with E-state index >= 15 is 0 Å². The maximum absolute atomic E-state index is 6.49. The fourth-order valence-electron chi connectivity index (χ4n) is 3.73. The molecule has 1 heterocycles. The van der Waals surface area contributed by atoms with E-state index in [1.807, 2.05) is 0 Å². The molecule has 1 aromatic carbocycles. The Kier molecular flexibility index (Phi) is 4.52. The maximum atomic E-state index is 6.49. The summed E-state index contributed by atoms with van der Waals surface area (Å²) < 4.78 is 5.66. The van der Waals surface area contributed by atoms with Crippen LogP contribution in [0.5, 0.6) is 5.75 Å². The molecule has 1 unspecified atom stereocenters. The third-order valence-electron chi connectivity index (χ3n) is 4.71. The summed E-state index contributed by atoms with van der Waals surface area (Å²) in [5.41, 5.74) is 4.33. The van der Waals surface area contributed by atoms with Crippen LogP contribution in [0.1, 0.15) is 61.3 Å². The molecule has 1 N–H and O–H groups in total. The van der Waals surface area contributed by atoms with Crippen molar-refractivity contribution in [2.75, 3.05) is 13.7 Å². The largest absolute Gasteiger partial charge is 0.495 e. The van der Waals surface area contributed by atoms with Gasteiger partial charge in [-0.2, -0.15) is 0 Å². The first-order valence-electron chi connectivity index (χ1n) is 7.92. The lowest BCUT2D eigenvalue weighted by atomic mass is 9.88. The quantitative estimate of drug-likeness (QED) is 0.814. The van der Waals surface area contributed by atoms with Gasteiger partial charge in [0.1, 0.15) is 5.75 Å². The van der Waals surface area contributed by atoms with Gasteiger partial charge < -0.3 is 10.1 Å². The van der Waals surface area contributed by atoms with E-state index in [0.717, 1.165) is 17.3 Å². The minimum absolute atomic E-state index is 0.421. The van der Waals surface area contributed by atoms with Crippen LogP contribution in [0.3, 0.4) is 0 Å². The molecule has 2 aliphatic rings. The maximum Gasteiger partial charge on any atom is 0.142 e. The first-order chi connectivity index (χ1) is 9.81. The van der Waals surface area contributed by atoms with E-state index in [9.17, 15) is 0 Å². The van der Waals surface area contributed by atoms with E-state index in [4.69, 9.17) is 16.3 Å². The van der Waals surface area contributed by atoms with Gasteiger partial charge in [-0.1, -0.05) is 24.4 Å². The number of fused-ring (bicyclic) bond motifs is 1. The van der Waals surface area contributed by atoms with Gasteiger partial charge in [0.25, 0.3) is 0 Å². The van der Waals surface area contributed by atoms with E-state index in [1.54, 1.807) is 7.11 Å². The molecule has 1 aromatic rings. The van der Waals surface area contributed by atoms with Gasteiger partial charge in [-0.25, -0.2) is 0 Å². The van der Waals surface area contributed by atoms with Gasteiger partial charge in [-0.05, 0) is 62.3 Å². The Bertz CT molecular complexity index is 480. The predicted molar refractivity (Wildman–Crippen MR) is 83.9 cm³/mol. The standard InChI is InChI=1S/C17H24ClNO/c1-20-17-14(18)11-12-7-3-2-4-8-13(12)16(17)15-9-5-6-10-19-15/h11,15,19H,2-10H2,1H3. The number of nitrogens with one attached hydrogen (secondary N) is 1. The number of halogens is 1. The summed E-state index contributed by atoms with van der Waals surface area (Å²) in [5, 5.41) is 4.46. The Morgan fingerprint density at radius 1 is 1.15 bits per heavy atom. The SMILES string of the molecule is COc1c(Cl)cc2c(c1C1CCCCN1)CCCCC2. The molecule has 0 amide bonds. The molecule has 0 radical (unpaired) electrons. The monoisotopic (exact) mass is 293 g/mol. The lowest BCUT2D eigenvalue weighted by molar-refractivity contribution is 0.371. The zero-order chi connectivity index (χ0) is 13.9. The smallest absolute Gasteiger partial charge is 0.142 e. The average Bonchev–Trinajstić information content (AvgIpc) is 2.71. The minimum Gasteiger partial charge on any atom is -0.495 e. The van der Waals surface area contributed by atoms with Crippen LogP contribution in [0.2, 0.25) is 5.02 Å². The fourth-order valence-corrected chi connectivity index (χ4v) is 4.04. The van der Waals surface area contributed by atoms with E-state index in [2.05, 4.69) is 11.4 Å². The van der Waals surface area contributed by atoms with E-state index in [-0.39, 0.29) is 0 Å². The molecule has 0 bridgehead atoms. The van der Waals surface area contributed by atoms with E-state index in [1.165, 1.54) is 68.1 Å². The second kappa shape index (κ2) is 6.36. The van der Waals surface area contributed by atoms with Gasteiger partial charge in [0.05, 0.1) is 12.1 Å². The van der Waals surface area contributed by atoms with Crippen LogP contribution in [0.15, 0.2) is 6.07 Å². The molecule has 3 heteroatoms. The average molecular weight is 294 g/mol. The second-order valence-corrected chi connectivity index (χ2v) is 6.41. The Morgan fingerprint density at radius 2 is 2.00 bits per heavy atom. The Labute approximate surface area is 126 Å². The highest BCUT2D eigenvalue weighted by molar-refractivity contribution is 6.32. The number of ether oxygens (including phenoxy) is 1. The topological polar surface area (TPSA) is 21.3 Å². The van der Waals surface area contributed by atoms with Gasteiger partial charge >= 0.3 is 0 Å². The molecule has 3 rings (SSSR count). The molecule has 1 aliphatic carbocycles. The first-order valence-corrected chi connectivity index (χ1v) is 8.30. The Balaban J connectivity index is 2.09. The van der Waals surface area contributed by atoms with Crippen LogP contribution < -0.4 is 10.1 Å². The highest BCUT2D eigenvalue weighted by atomic mass is 35.5. The molecule has 0 saturated carbocycles. The molecule has 0 aromatic heterocycles. The van der Waals surface area contributed by atoms with Gasteiger partial charge in [0, 0.05) is 11.6 Å². The molecule has 1 saturated heterocycles. The zero-order valence-corrected chi connectivity index (χ0v) is 13.1. The van der Waals surface area contributed by atoms with E-state index in [0.29, 0.717) is 6.04 Å². The summed E-state index contributed by atoms with van der Waals surface area (Å²) in [5.74, 6) is 0.909. The summed E-state index contributed by atoms with van der Waals surface area (Å²) in [4.78, 5) is 0. The third-order valence-corrected chi connectivity index (χ3v) is 4.99. The predicted octanol–water partition coefficient (Wildman–Crippen LogP) is 4.43. The van der Waals surface area contributed by atoms with E-state index < -0.39 is 0 Å². The number of rotatable bonds is 2. The lowest BCUT2D eigenvalue weighted by Gasteiger charge is -2.29. The van der Waals surface area contributed by atoms with Crippen molar-refractivity contribution in [3.8, 4) is 5.75 Å². The van der Waals surface area contributed by atoms with Gasteiger partial charge in [0.2, 0.25) is 0 Å². The molecule has 2 nitrogen and oxygen atoms in total. The highest BCUT2D eigenvalue weighted by Crippen LogP contribution is 2.42. The molecule has 1 atom stereocenters. The van der Waals surface area contributed by atoms with Crippen molar-refractivity contribution in [3.05, 3.63) is 27.8 Å². The fraction of sp³-hybridized carbons (Fsp3) is 0.647. The van der Waals surface area contributed by atoms with Crippen molar-refractivity contribution >= 4 is 11.6 Å². The van der Waals surface area contributed by atoms with Crippen molar-refractivity contribution < 1.29 is 4.74 Å². The molecule has 0 spiro atoms. The molecule has 20 heavy (non-hydrogen) atoms. The van der Waals surface area contributed by atoms with Crippen molar-refractivity contribution in [2.45, 2.75) is 57.4 Å².